The van der Waals surface area contributed by atoms with Crippen LogP contribution in [0.5, 0.6) is 0 Å². The van der Waals surface area contributed by atoms with Gasteiger partial charge in [-0.05, 0) is 6.07 Å². The van der Waals surface area contributed by atoms with E-state index in [0.29, 0.717) is 11.4 Å². The van der Waals surface area contributed by atoms with Gasteiger partial charge in [-0.3, -0.25) is 9.89 Å². The van der Waals surface area contributed by atoms with Gasteiger partial charge in [0.15, 0.2) is 0 Å². The van der Waals surface area contributed by atoms with E-state index >= 15 is 0 Å². The summed E-state index contributed by atoms with van der Waals surface area (Å²) >= 11 is 0. The first-order valence-electron chi connectivity index (χ1n) is 6.02. The van der Waals surface area contributed by atoms with Gasteiger partial charge in [0.25, 0.3) is 5.91 Å². The third kappa shape index (κ3) is 3.58. The van der Waals surface area contributed by atoms with Crippen molar-refractivity contribution in [1.82, 2.24) is 20.8 Å². The number of aromatic nitrogens is 2. The second-order valence-corrected chi connectivity index (χ2v) is 4.02. The molecular formula is C13H14N4O3. The van der Waals surface area contributed by atoms with Gasteiger partial charge < -0.3 is 15.7 Å². The molecule has 0 atom stereocenters. The summed E-state index contributed by atoms with van der Waals surface area (Å²) in [6, 6.07) is 11.1. The molecule has 0 radical (unpaired) electrons. The quantitative estimate of drug-likeness (QED) is 0.612. The lowest BCUT2D eigenvalue weighted by atomic mass is 10.1. The van der Waals surface area contributed by atoms with Crippen molar-refractivity contribution in [2.75, 3.05) is 13.1 Å². The van der Waals surface area contributed by atoms with Gasteiger partial charge in [-0.25, -0.2) is 4.79 Å². The van der Waals surface area contributed by atoms with Crippen molar-refractivity contribution in [3.05, 3.63) is 42.1 Å². The van der Waals surface area contributed by atoms with Crippen molar-refractivity contribution in [2.24, 2.45) is 0 Å². The van der Waals surface area contributed by atoms with Gasteiger partial charge in [-0.2, -0.15) is 5.10 Å². The number of benzene rings is 1. The molecule has 0 aliphatic rings. The number of aromatic amines is 1. The predicted octanol–water partition coefficient (Wildman–Crippen LogP) is 1.07. The topological polar surface area (TPSA) is 107 Å². The van der Waals surface area contributed by atoms with Crippen LogP contribution in [0.1, 0.15) is 10.5 Å². The molecule has 0 fully saturated rings. The molecule has 2 amide bonds. The number of hydrogen-bond acceptors (Lipinski definition) is 3. The summed E-state index contributed by atoms with van der Waals surface area (Å²) in [5.74, 6) is -0.327. The molecule has 4 N–H and O–H groups in total. The molecule has 7 heteroatoms. The second-order valence-electron chi connectivity index (χ2n) is 4.02. The summed E-state index contributed by atoms with van der Waals surface area (Å²) < 4.78 is 0. The first-order valence-corrected chi connectivity index (χ1v) is 6.02. The highest BCUT2D eigenvalue weighted by Gasteiger charge is 2.10. The van der Waals surface area contributed by atoms with E-state index in [2.05, 4.69) is 20.8 Å². The lowest BCUT2D eigenvalue weighted by Gasteiger charge is -2.02. The van der Waals surface area contributed by atoms with Crippen LogP contribution in [0.3, 0.4) is 0 Å². The SMILES string of the molecule is O=C(O)NCCNC(=O)c1cc(-c2ccccc2)n[nH]1. The summed E-state index contributed by atoms with van der Waals surface area (Å²) in [7, 11) is 0. The Bertz CT molecular complexity index is 595. The summed E-state index contributed by atoms with van der Waals surface area (Å²) in [5.41, 5.74) is 1.92. The fourth-order valence-electron chi connectivity index (χ4n) is 1.64. The molecule has 2 rings (SSSR count). The van der Waals surface area contributed by atoms with E-state index in [4.69, 9.17) is 5.11 Å². The van der Waals surface area contributed by atoms with Crippen molar-refractivity contribution >= 4 is 12.0 Å². The molecule has 0 aliphatic heterocycles. The molecule has 7 nitrogen and oxygen atoms in total. The Morgan fingerprint density at radius 3 is 2.55 bits per heavy atom. The smallest absolute Gasteiger partial charge is 0.404 e. The van der Waals surface area contributed by atoms with Gasteiger partial charge in [0.2, 0.25) is 0 Å². The average Bonchev–Trinajstić information content (AvgIpc) is 2.94. The van der Waals surface area contributed by atoms with Crippen molar-refractivity contribution < 1.29 is 14.7 Å². The molecule has 0 aliphatic carbocycles. The zero-order valence-electron chi connectivity index (χ0n) is 10.6. The molecule has 0 spiro atoms. The lowest BCUT2D eigenvalue weighted by molar-refractivity contribution is 0.0948. The Balaban J connectivity index is 1.92. The van der Waals surface area contributed by atoms with Crippen LogP contribution < -0.4 is 10.6 Å². The highest BCUT2D eigenvalue weighted by atomic mass is 16.4. The zero-order valence-corrected chi connectivity index (χ0v) is 10.6. The number of amides is 2. The first kappa shape index (κ1) is 13.6. The van der Waals surface area contributed by atoms with Crippen LogP contribution in [0, 0.1) is 0 Å². The minimum atomic E-state index is -1.12. The molecule has 0 saturated heterocycles. The zero-order chi connectivity index (χ0) is 14.4. The van der Waals surface area contributed by atoms with Crippen molar-refractivity contribution in [3.8, 4) is 11.3 Å². The maximum atomic E-state index is 11.8. The van der Waals surface area contributed by atoms with E-state index in [1.165, 1.54) is 0 Å². The minimum Gasteiger partial charge on any atom is -0.465 e. The number of H-pyrrole nitrogens is 1. The number of carbonyl (C=O) groups excluding carboxylic acids is 1. The summed E-state index contributed by atoms with van der Waals surface area (Å²) in [5, 5.41) is 19.9. The number of hydrogen-bond donors (Lipinski definition) is 4. The maximum Gasteiger partial charge on any atom is 0.404 e. The Morgan fingerprint density at radius 1 is 1.15 bits per heavy atom. The predicted molar refractivity (Wildman–Crippen MR) is 72.4 cm³/mol. The number of rotatable bonds is 5. The van der Waals surface area contributed by atoms with E-state index in [1.54, 1.807) is 6.07 Å². The van der Waals surface area contributed by atoms with Crippen LogP contribution in [-0.2, 0) is 0 Å². The van der Waals surface area contributed by atoms with Crippen LogP contribution in [0.4, 0.5) is 4.79 Å². The van der Waals surface area contributed by atoms with Crippen LogP contribution in [0.2, 0.25) is 0 Å². The standard InChI is InChI=1S/C13H14N4O3/c18-12(14-6-7-15-13(19)20)11-8-10(16-17-11)9-4-2-1-3-5-9/h1-5,8,15H,6-7H2,(H,14,18)(H,16,17)(H,19,20). The second kappa shape index (κ2) is 6.37. The molecule has 104 valence electrons. The van der Waals surface area contributed by atoms with Gasteiger partial charge >= 0.3 is 6.09 Å². The largest absolute Gasteiger partial charge is 0.465 e. The van der Waals surface area contributed by atoms with E-state index < -0.39 is 6.09 Å². The van der Waals surface area contributed by atoms with E-state index in [1.807, 2.05) is 30.3 Å². The normalized spacial score (nSPS) is 10.0. The maximum absolute atomic E-state index is 11.8. The Hall–Kier alpha value is -2.83. The van der Waals surface area contributed by atoms with Gasteiger partial charge in [-0.15, -0.1) is 0 Å². The third-order valence-corrected chi connectivity index (χ3v) is 2.58. The highest BCUT2D eigenvalue weighted by Crippen LogP contribution is 2.16. The van der Waals surface area contributed by atoms with Crippen molar-refractivity contribution in [1.29, 1.82) is 0 Å². The van der Waals surface area contributed by atoms with Gasteiger partial charge in [0.1, 0.15) is 5.69 Å². The van der Waals surface area contributed by atoms with Gasteiger partial charge in [-0.1, -0.05) is 30.3 Å². The molecule has 1 aromatic carbocycles. The Morgan fingerprint density at radius 2 is 1.85 bits per heavy atom. The van der Waals surface area contributed by atoms with E-state index in [0.717, 1.165) is 5.56 Å². The fraction of sp³-hybridized carbons (Fsp3) is 0.154. The molecule has 20 heavy (non-hydrogen) atoms. The number of carboxylic acid groups (broad SMARTS) is 1. The molecule has 2 aromatic rings. The van der Waals surface area contributed by atoms with Crippen LogP contribution in [-0.4, -0.2) is 40.4 Å². The summed E-state index contributed by atoms with van der Waals surface area (Å²) in [4.78, 5) is 22.0. The average molecular weight is 274 g/mol. The molecule has 1 heterocycles. The van der Waals surface area contributed by atoms with Gasteiger partial charge in [0, 0.05) is 18.7 Å². The van der Waals surface area contributed by atoms with E-state index in [-0.39, 0.29) is 19.0 Å². The Labute approximate surface area is 115 Å². The number of carbonyl (C=O) groups is 2. The van der Waals surface area contributed by atoms with Crippen LogP contribution in [0.25, 0.3) is 11.3 Å². The molecule has 0 saturated carbocycles. The first-order chi connectivity index (χ1) is 9.66. The molecule has 0 bridgehead atoms. The number of nitrogens with one attached hydrogen (secondary N) is 3. The Kier molecular flexibility index (Phi) is 4.33. The molecule has 1 aromatic heterocycles. The van der Waals surface area contributed by atoms with Crippen LogP contribution >= 0.6 is 0 Å². The van der Waals surface area contributed by atoms with Gasteiger partial charge in [0.05, 0.1) is 5.69 Å². The fourth-order valence-corrected chi connectivity index (χ4v) is 1.64. The molecular weight excluding hydrogens is 260 g/mol. The minimum absolute atomic E-state index is 0.154. The number of nitrogens with zero attached hydrogens (tertiary/aromatic N) is 1. The summed E-state index contributed by atoms with van der Waals surface area (Å²) in [6.07, 6.45) is -1.12. The monoisotopic (exact) mass is 274 g/mol. The highest BCUT2D eigenvalue weighted by molar-refractivity contribution is 5.93. The third-order valence-electron chi connectivity index (χ3n) is 2.58. The van der Waals surface area contributed by atoms with Crippen molar-refractivity contribution in [2.45, 2.75) is 0 Å². The van der Waals surface area contributed by atoms with E-state index in [9.17, 15) is 9.59 Å². The van der Waals surface area contributed by atoms with Crippen LogP contribution in [0.15, 0.2) is 36.4 Å². The van der Waals surface area contributed by atoms with Crippen molar-refractivity contribution in [3.63, 3.8) is 0 Å². The molecule has 0 unspecified atom stereocenters. The summed E-state index contributed by atoms with van der Waals surface area (Å²) in [6.45, 7) is 0.367. The lowest BCUT2D eigenvalue weighted by Crippen LogP contribution is -2.34.